The molecule has 0 fully saturated rings. The lowest BCUT2D eigenvalue weighted by Crippen LogP contribution is -1.90. The van der Waals surface area contributed by atoms with Gasteiger partial charge in [-0.1, -0.05) is 29.8 Å². The molecule has 2 rings (SSSR count). The molecule has 0 bridgehead atoms. The predicted octanol–water partition coefficient (Wildman–Crippen LogP) is 2.70. The molecule has 78 valence electrons. The molecule has 0 aliphatic heterocycles. The number of nitrogens with zero attached hydrogens (tertiary/aromatic N) is 1. The first-order valence-electron chi connectivity index (χ1n) is 4.69. The van der Waals surface area contributed by atoms with E-state index >= 15 is 0 Å². The minimum Gasteiger partial charge on any atom is -0.429 e. The van der Waals surface area contributed by atoms with Gasteiger partial charge in [-0.05, 0) is 18.1 Å². The number of nitrogens with two attached hydrogens (primary N) is 1. The topological polar surface area (TPSA) is 52.0 Å². The van der Waals surface area contributed by atoms with Crippen molar-refractivity contribution in [3.8, 4) is 0 Å². The number of halogens is 1. The number of benzene rings is 1. The maximum Gasteiger partial charge on any atom is 0.292 e. The number of hydrogen-bond donors (Lipinski definition) is 1. The Hall–Kier alpha value is -1.48. The van der Waals surface area contributed by atoms with Crippen molar-refractivity contribution in [1.29, 1.82) is 0 Å². The van der Waals surface area contributed by atoms with Crippen LogP contribution in [0.25, 0.3) is 0 Å². The summed E-state index contributed by atoms with van der Waals surface area (Å²) in [6, 6.07) is 7.98. The number of anilines is 1. The minimum atomic E-state index is 0.212. The zero-order chi connectivity index (χ0) is 10.7. The Bertz CT molecular complexity index is 453. The second kappa shape index (κ2) is 4.36. The Morgan fingerprint density at radius 1 is 1.27 bits per heavy atom. The predicted molar refractivity (Wildman–Crippen MR) is 59.8 cm³/mol. The maximum atomic E-state index is 6.02. The first-order chi connectivity index (χ1) is 7.25. The van der Waals surface area contributed by atoms with Crippen molar-refractivity contribution in [2.24, 2.45) is 0 Å². The molecular weight excluding hydrogens is 212 g/mol. The van der Waals surface area contributed by atoms with Gasteiger partial charge in [-0.3, -0.25) is 0 Å². The molecule has 1 aromatic carbocycles. The summed E-state index contributed by atoms with van der Waals surface area (Å²) in [5.41, 5.74) is 6.48. The lowest BCUT2D eigenvalue weighted by atomic mass is 10.1. The molecular formula is C11H11ClN2O. The van der Waals surface area contributed by atoms with Crippen molar-refractivity contribution in [3.63, 3.8) is 0 Å². The van der Waals surface area contributed by atoms with Gasteiger partial charge in [0.25, 0.3) is 6.01 Å². The number of rotatable bonds is 3. The van der Waals surface area contributed by atoms with E-state index in [4.69, 9.17) is 21.8 Å². The van der Waals surface area contributed by atoms with Gasteiger partial charge in [0.1, 0.15) is 5.76 Å². The number of oxazole rings is 1. The third-order valence-corrected chi connectivity index (χ3v) is 2.54. The van der Waals surface area contributed by atoms with Crippen LogP contribution in [0, 0.1) is 0 Å². The van der Waals surface area contributed by atoms with Crippen LogP contribution in [0.1, 0.15) is 11.3 Å². The average Bonchev–Trinajstić information content (AvgIpc) is 2.63. The molecule has 1 aromatic heterocycles. The molecule has 4 heteroatoms. The van der Waals surface area contributed by atoms with Crippen LogP contribution in [-0.2, 0) is 12.8 Å². The van der Waals surface area contributed by atoms with Crippen LogP contribution in [0.5, 0.6) is 0 Å². The highest BCUT2D eigenvalue weighted by Gasteiger charge is 2.03. The molecule has 15 heavy (non-hydrogen) atoms. The quantitative estimate of drug-likeness (QED) is 0.869. The minimum absolute atomic E-state index is 0.212. The van der Waals surface area contributed by atoms with Crippen LogP contribution in [0.4, 0.5) is 6.01 Å². The van der Waals surface area contributed by atoms with E-state index in [2.05, 4.69) is 4.98 Å². The number of aryl methyl sites for hydroxylation is 2. The van der Waals surface area contributed by atoms with E-state index in [9.17, 15) is 0 Å². The summed E-state index contributed by atoms with van der Waals surface area (Å²) in [6.45, 7) is 0. The van der Waals surface area contributed by atoms with Gasteiger partial charge in [0.15, 0.2) is 0 Å². The molecule has 0 unspecified atom stereocenters. The number of aromatic nitrogens is 1. The van der Waals surface area contributed by atoms with Crippen molar-refractivity contribution in [1.82, 2.24) is 4.98 Å². The third kappa shape index (κ3) is 2.50. The summed E-state index contributed by atoms with van der Waals surface area (Å²) < 4.78 is 5.17. The number of hydrogen-bond acceptors (Lipinski definition) is 3. The number of nitrogen functional groups attached to an aromatic ring is 1. The monoisotopic (exact) mass is 222 g/mol. The highest BCUT2D eigenvalue weighted by Crippen LogP contribution is 2.17. The Morgan fingerprint density at radius 3 is 2.73 bits per heavy atom. The second-order valence-electron chi connectivity index (χ2n) is 3.26. The largest absolute Gasteiger partial charge is 0.429 e. The lowest BCUT2D eigenvalue weighted by molar-refractivity contribution is 0.522. The molecule has 0 aliphatic carbocycles. The average molecular weight is 223 g/mol. The molecule has 0 saturated heterocycles. The highest BCUT2D eigenvalue weighted by molar-refractivity contribution is 6.31. The van der Waals surface area contributed by atoms with Crippen molar-refractivity contribution >= 4 is 17.6 Å². The van der Waals surface area contributed by atoms with Crippen LogP contribution in [0.3, 0.4) is 0 Å². The van der Waals surface area contributed by atoms with Crippen LogP contribution in [-0.4, -0.2) is 4.98 Å². The fraction of sp³-hybridized carbons (Fsp3) is 0.182. The van der Waals surface area contributed by atoms with E-state index in [-0.39, 0.29) is 6.01 Å². The Kier molecular flexibility index (Phi) is 2.92. The SMILES string of the molecule is Nc1ncc(CCc2ccccc2Cl)o1. The molecule has 1 heterocycles. The van der Waals surface area contributed by atoms with Gasteiger partial charge < -0.3 is 10.2 Å². The van der Waals surface area contributed by atoms with E-state index < -0.39 is 0 Å². The summed E-state index contributed by atoms with van der Waals surface area (Å²) in [5.74, 6) is 0.785. The fourth-order valence-corrected chi connectivity index (χ4v) is 1.63. The van der Waals surface area contributed by atoms with Gasteiger partial charge in [0, 0.05) is 11.4 Å². The van der Waals surface area contributed by atoms with Crippen molar-refractivity contribution in [3.05, 3.63) is 46.8 Å². The molecule has 3 nitrogen and oxygen atoms in total. The van der Waals surface area contributed by atoms with Gasteiger partial charge in [-0.2, -0.15) is 0 Å². The summed E-state index contributed by atoms with van der Waals surface area (Å²) in [4.78, 5) is 3.83. The molecule has 0 atom stereocenters. The van der Waals surface area contributed by atoms with Gasteiger partial charge in [-0.25, -0.2) is 4.98 Å². The first kappa shape index (κ1) is 10.1. The third-order valence-electron chi connectivity index (χ3n) is 2.17. The molecule has 0 radical (unpaired) electrons. The van der Waals surface area contributed by atoms with Crippen LogP contribution in [0.2, 0.25) is 5.02 Å². The smallest absolute Gasteiger partial charge is 0.292 e. The van der Waals surface area contributed by atoms with E-state index in [0.29, 0.717) is 0 Å². The van der Waals surface area contributed by atoms with E-state index in [1.165, 1.54) is 0 Å². The van der Waals surface area contributed by atoms with Gasteiger partial charge in [0.2, 0.25) is 0 Å². The van der Waals surface area contributed by atoms with Gasteiger partial charge >= 0.3 is 0 Å². The standard InChI is InChI=1S/C11H11ClN2O/c12-10-4-2-1-3-8(10)5-6-9-7-14-11(13)15-9/h1-4,7H,5-6H2,(H2,13,14). The second-order valence-corrected chi connectivity index (χ2v) is 3.66. The van der Waals surface area contributed by atoms with Crippen LogP contribution >= 0.6 is 11.6 Å². The Morgan fingerprint density at radius 2 is 2.07 bits per heavy atom. The van der Waals surface area contributed by atoms with Crippen molar-refractivity contribution < 1.29 is 4.42 Å². The summed E-state index contributed by atoms with van der Waals surface area (Å²) >= 11 is 6.02. The first-order valence-corrected chi connectivity index (χ1v) is 5.07. The Labute approximate surface area is 92.9 Å². The summed E-state index contributed by atoms with van der Waals surface area (Å²) in [6.07, 6.45) is 3.23. The van der Waals surface area contributed by atoms with Crippen LogP contribution < -0.4 is 5.73 Å². The molecule has 2 aromatic rings. The molecule has 0 aliphatic rings. The lowest BCUT2D eigenvalue weighted by Gasteiger charge is -2.01. The molecule has 2 N–H and O–H groups in total. The zero-order valence-corrected chi connectivity index (χ0v) is 8.87. The normalized spacial score (nSPS) is 10.5. The van der Waals surface area contributed by atoms with Gasteiger partial charge in [-0.15, -0.1) is 0 Å². The van der Waals surface area contributed by atoms with Crippen molar-refractivity contribution in [2.45, 2.75) is 12.8 Å². The maximum absolute atomic E-state index is 6.02. The fourth-order valence-electron chi connectivity index (χ4n) is 1.40. The highest BCUT2D eigenvalue weighted by atomic mass is 35.5. The molecule has 0 amide bonds. The van der Waals surface area contributed by atoms with E-state index in [1.54, 1.807) is 6.20 Å². The van der Waals surface area contributed by atoms with Gasteiger partial charge in [0.05, 0.1) is 6.20 Å². The Balaban J connectivity index is 2.02. The molecule has 0 saturated carbocycles. The van der Waals surface area contributed by atoms with Crippen molar-refractivity contribution in [2.75, 3.05) is 5.73 Å². The van der Waals surface area contributed by atoms with E-state index in [0.717, 1.165) is 29.2 Å². The summed E-state index contributed by atoms with van der Waals surface area (Å²) in [7, 11) is 0. The van der Waals surface area contributed by atoms with E-state index in [1.807, 2.05) is 24.3 Å². The molecule has 0 spiro atoms. The summed E-state index contributed by atoms with van der Waals surface area (Å²) in [5, 5.41) is 0.782. The zero-order valence-electron chi connectivity index (χ0n) is 8.11. The van der Waals surface area contributed by atoms with Crippen LogP contribution in [0.15, 0.2) is 34.9 Å².